The lowest BCUT2D eigenvalue weighted by atomic mass is 10.1. The SMILES string of the molecule is Cc1n[nH]c(C)c1CNc1cccc(F)c1C#N. The van der Waals surface area contributed by atoms with Gasteiger partial charge in [0.2, 0.25) is 0 Å². The fourth-order valence-corrected chi connectivity index (χ4v) is 1.80. The van der Waals surface area contributed by atoms with Gasteiger partial charge in [0.1, 0.15) is 17.4 Å². The number of nitrogens with one attached hydrogen (secondary N) is 2. The lowest BCUT2D eigenvalue weighted by Gasteiger charge is -2.08. The van der Waals surface area contributed by atoms with Crippen molar-refractivity contribution in [1.82, 2.24) is 10.2 Å². The molecule has 0 amide bonds. The van der Waals surface area contributed by atoms with Crippen LogP contribution < -0.4 is 5.32 Å². The van der Waals surface area contributed by atoms with Gasteiger partial charge in [0.25, 0.3) is 0 Å². The molecule has 1 heterocycles. The third-order valence-electron chi connectivity index (χ3n) is 2.86. The number of benzene rings is 1. The second-order valence-electron chi connectivity index (χ2n) is 4.04. The summed E-state index contributed by atoms with van der Waals surface area (Å²) in [6, 6.07) is 6.40. The van der Waals surface area contributed by atoms with E-state index in [1.165, 1.54) is 6.07 Å². The number of hydrogen-bond donors (Lipinski definition) is 2. The van der Waals surface area contributed by atoms with Crippen molar-refractivity contribution in [2.45, 2.75) is 20.4 Å². The van der Waals surface area contributed by atoms with Crippen LogP contribution in [0.1, 0.15) is 22.5 Å². The third kappa shape index (κ3) is 2.18. The van der Waals surface area contributed by atoms with Crippen molar-refractivity contribution in [3.05, 3.63) is 46.5 Å². The number of anilines is 1. The van der Waals surface area contributed by atoms with E-state index in [-0.39, 0.29) is 5.56 Å². The van der Waals surface area contributed by atoms with Crippen LogP contribution in [0.25, 0.3) is 0 Å². The Labute approximate surface area is 104 Å². The molecule has 92 valence electrons. The van der Waals surface area contributed by atoms with Crippen molar-refractivity contribution in [3.63, 3.8) is 0 Å². The van der Waals surface area contributed by atoms with E-state index in [1.54, 1.807) is 12.1 Å². The van der Waals surface area contributed by atoms with Crippen LogP contribution in [-0.4, -0.2) is 10.2 Å². The van der Waals surface area contributed by atoms with Crippen LogP contribution in [-0.2, 0) is 6.54 Å². The fourth-order valence-electron chi connectivity index (χ4n) is 1.80. The van der Waals surface area contributed by atoms with Gasteiger partial charge in [0.05, 0.1) is 11.4 Å². The van der Waals surface area contributed by atoms with Crippen molar-refractivity contribution in [2.24, 2.45) is 0 Å². The molecule has 5 heteroatoms. The summed E-state index contributed by atoms with van der Waals surface area (Å²) in [5, 5.41) is 19.0. The first-order valence-electron chi connectivity index (χ1n) is 5.56. The van der Waals surface area contributed by atoms with Crippen molar-refractivity contribution in [3.8, 4) is 6.07 Å². The molecule has 2 aromatic rings. The van der Waals surface area contributed by atoms with Crippen LogP contribution in [0.3, 0.4) is 0 Å². The summed E-state index contributed by atoms with van der Waals surface area (Å²) in [6.07, 6.45) is 0. The van der Waals surface area contributed by atoms with Gasteiger partial charge < -0.3 is 5.32 Å². The molecule has 2 rings (SSSR count). The van der Waals surface area contributed by atoms with Gasteiger partial charge in [-0.3, -0.25) is 5.10 Å². The Bertz CT molecular complexity index is 590. The first-order chi connectivity index (χ1) is 8.63. The van der Waals surface area contributed by atoms with Crippen molar-refractivity contribution >= 4 is 5.69 Å². The van der Waals surface area contributed by atoms with E-state index in [9.17, 15) is 4.39 Å². The molecular formula is C13H13FN4. The van der Waals surface area contributed by atoms with E-state index in [1.807, 2.05) is 19.9 Å². The molecule has 0 fully saturated rings. The summed E-state index contributed by atoms with van der Waals surface area (Å²) in [5.74, 6) is -0.511. The topological polar surface area (TPSA) is 64.5 Å². The molecule has 18 heavy (non-hydrogen) atoms. The zero-order valence-electron chi connectivity index (χ0n) is 10.2. The van der Waals surface area contributed by atoms with Gasteiger partial charge in [-0.15, -0.1) is 0 Å². The number of aromatic amines is 1. The van der Waals surface area contributed by atoms with Gasteiger partial charge in [-0.25, -0.2) is 4.39 Å². The predicted octanol–water partition coefficient (Wildman–Crippen LogP) is 2.65. The van der Waals surface area contributed by atoms with E-state index in [0.717, 1.165) is 17.0 Å². The molecule has 0 atom stereocenters. The van der Waals surface area contributed by atoms with Crippen molar-refractivity contribution in [2.75, 3.05) is 5.32 Å². The number of hydrogen-bond acceptors (Lipinski definition) is 3. The van der Waals surface area contributed by atoms with E-state index < -0.39 is 5.82 Å². The molecule has 4 nitrogen and oxygen atoms in total. The summed E-state index contributed by atoms with van der Waals surface area (Å²) < 4.78 is 13.4. The Balaban J connectivity index is 2.22. The summed E-state index contributed by atoms with van der Waals surface area (Å²) in [5.41, 5.74) is 3.43. The standard InChI is InChI=1S/C13H13FN4/c1-8-11(9(2)18-17-8)7-16-13-5-3-4-12(14)10(13)6-15/h3-5,16H,7H2,1-2H3,(H,17,18). The summed E-state index contributed by atoms with van der Waals surface area (Å²) in [7, 11) is 0. The lowest BCUT2D eigenvalue weighted by Crippen LogP contribution is -2.04. The number of aromatic nitrogens is 2. The van der Waals surface area contributed by atoms with E-state index in [0.29, 0.717) is 12.2 Å². The van der Waals surface area contributed by atoms with Gasteiger partial charge in [-0.2, -0.15) is 10.4 Å². The Morgan fingerprint density at radius 3 is 2.83 bits per heavy atom. The second-order valence-corrected chi connectivity index (χ2v) is 4.04. The van der Waals surface area contributed by atoms with Crippen molar-refractivity contribution < 1.29 is 4.39 Å². The minimum absolute atomic E-state index is 0.0382. The molecule has 1 aromatic heterocycles. The number of rotatable bonds is 3. The predicted molar refractivity (Wildman–Crippen MR) is 66.5 cm³/mol. The highest BCUT2D eigenvalue weighted by atomic mass is 19.1. The molecule has 0 aliphatic heterocycles. The highest BCUT2D eigenvalue weighted by Gasteiger charge is 2.10. The number of halogens is 1. The second kappa shape index (κ2) is 4.88. The average molecular weight is 244 g/mol. The Kier molecular flexibility index (Phi) is 3.28. The van der Waals surface area contributed by atoms with Crippen LogP contribution in [0.4, 0.5) is 10.1 Å². The number of aryl methyl sites for hydroxylation is 2. The maximum absolute atomic E-state index is 13.4. The normalized spacial score (nSPS) is 10.1. The smallest absolute Gasteiger partial charge is 0.143 e. The maximum Gasteiger partial charge on any atom is 0.143 e. The first kappa shape index (κ1) is 12.1. The van der Waals surface area contributed by atoms with E-state index in [4.69, 9.17) is 5.26 Å². The lowest BCUT2D eigenvalue weighted by molar-refractivity contribution is 0.624. The Morgan fingerprint density at radius 2 is 2.22 bits per heavy atom. The number of H-pyrrole nitrogens is 1. The monoisotopic (exact) mass is 244 g/mol. The third-order valence-corrected chi connectivity index (χ3v) is 2.86. The van der Waals surface area contributed by atoms with Crippen LogP contribution in [0.5, 0.6) is 0 Å². The van der Waals surface area contributed by atoms with Gasteiger partial charge in [-0.1, -0.05) is 6.07 Å². The molecule has 0 spiro atoms. The van der Waals surface area contributed by atoms with Gasteiger partial charge >= 0.3 is 0 Å². The van der Waals surface area contributed by atoms with Crippen LogP contribution in [0.2, 0.25) is 0 Å². The zero-order valence-corrected chi connectivity index (χ0v) is 10.2. The highest BCUT2D eigenvalue weighted by Crippen LogP contribution is 2.19. The summed E-state index contributed by atoms with van der Waals surface area (Å²) >= 11 is 0. The first-order valence-corrected chi connectivity index (χ1v) is 5.56. The van der Waals surface area contributed by atoms with Crippen LogP contribution >= 0.6 is 0 Å². The van der Waals surface area contributed by atoms with Gasteiger partial charge in [0.15, 0.2) is 0 Å². The highest BCUT2D eigenvalue weighted by molar-refractivity contribution is 5.58. The summed E-state index contributed by atoms with van der Waals surface area (Å²) in [6.45, 7) is 4.33. The molecule has 0 bridgehead atoms. The average Bonchev–Trinajstić information content (AvgIpc) is 2.67. The molecule has 0 aliphatic rings. The minimum Gasteiger partial charge on any atom is -0.380 e. The Hall–Kier alpha value is -2.35. The molecule has 0 saturated heterocycles. The number of nitriles is 1. The van der Waals surface area contributed by atoms with Gasteiger partial charge in [-0.05, 0) is 26.0 Å². The molecule has 0 saturated carbocycles. The quantitative estimate of drug-likeness (QED) is 0.872. The van der Waals surface area contributed by atoms with E-state index >= 15 is 0 Å². The van der Waals surface area contributed by atoms with E-state index in [2.05, 4.69) is 15.5 Å². The van der Waals surface area contributed by atoms with Crippen molar-refractivity contribution in [1.29, 1.82) is 5.26 Å². The molecule has 2 N–H and O–H groups in total. The summed E-state index contributed by atoms with van der Waals surface area (Å²) in [4.78, 5) is 0. The molecule has 0 unspecified atom stereocenters. The minimum atomic E-state index is -0.511. The molecule has 0 radical (unpaired) electrons. The molecule has 1 aromatic carbocycles. The largest absolute Gasteiger partial charge is 0.380 e. The van der Waals surface area contributed by atoms with Crippen LogP contribution in [0, 0.1) is 31.0 Å². The fraction of sp³-hybridized carbons (Fsp3) is 0.231. The Morgan fingerprint density at radius 1 is 1.44 bits per heavy atom. The molecular weight excluding hydrogens is 231 g/mol. The zero-order chi connectivity index (χ0) is 13.1. The molecule has 0 aliphatic carbocycles. The van der Waals surface area contributed by atoms with Gasteiger partial charge in [0, 0.05) is 17.8 Å². The number of nitrogens with zero attached hydrogens (tertiary/aromatic N) is 2. The van der Waals surface area contributed by atoms with Crippen LogP contribution in [0.15, 0.2) is 18.2 Å². The maximum atomic E-state index is 13.4.